The first kappa shape index (κ1) is 21.3. The Labute approximate surface area is 196 Å². The summed E-state index contributed by atoms with van der Waals surface area (Å²) in [7, 11) is 0. The number of thioether (sulfide) groups is 1. The zero-order valence-corrected chi connectivity index (χ0v) is 20.3. The van der Waals surface area contributed by atoms with Gasteiger partial charge >= 0.3 is 0 Å². The van der Waals surface area contributed by atoms with E-state index < -0.39 is 0 Å². The number of halogens is 1. The van der Waals surface area contributed by atoms with E-state index in [1.807, 2.05) is 31.2 Å². The Morgan fingerprint density at radius 3 is 2.55 bits per heavy atom. The number of nitrogens with one attached hydrogen (secondary N) is 1. The van der Waals surface area contributed by atoms with Crippen molar-refractivity contribution < 1.29 is 4.79 Å². The molecule has 4 aliphatic rings. The second-order valence-corrected chi connectivity index (χ2v) is 11.5. The minimum Gasteiger partial charge on any atom is -0.324 e. The molecule has 1 N–H and O–H groups in total. The maximum Gasteiger partial charge on any atom is 0.234 e. The molecule has 1 amide bonds. The number of nitrogens with zero attached hydrogens (tertiary/aromatic N) is 3. The molecular weight excluding hydrogens is 472 g/mol. The largest absolute Gasteiger partial charge is 0.324 e. The molecule has 6 rings (SSSR count). The Hall–Kier alpha value is -1.60. The van der Waals surface area contributed by atoms with Crippen molar-refractivity contribution >= 4 is 39.3 Å². The van der Waals surface area contributed by atoms with Crippen molar-refractivity contribution in [2.75, 3.05) is 11.1 Å². The summed E-state index contributed by atoms with van der Waals surface area (Å²) < 4.78 is 3.12. The third-order valence-electron chi connectivity index (χ3n) is 7.27. The zero-order valence-electron chi connectivity index (χ0n) is 17.9. The molecule has 4 aliphatic carbocycles. The highest BCUT2D eigenvalue weighted by Crippen LogP contribution is 2.60. The predicted octanol–water partition coefficient (Wildman–Crippen LogP) is 5.73. The SMILES string of the molecule is C=CCn1c(SCC(=O)Nc2ccc(C)cc2Br)nnc1C12CC3CC(CC(C3)C1)C2. The van der Waals surface area contributed by atoms with Gasteiger partial charge in [0, 0.05) is 16.4 Å². The molecule has 4 fully saturated rings. The molecule has 7 heteroatoms. The van der Waals surface area contributed by atoms with Crippen molar-refractivity contribution in [3.63, 3.8) is 0 Å². The van der Waals surface area contributed by atoms with E-state index in [-0.39, 0.29) is 11.3 Å². The maximum absolute atomic E-state index is 12.6. The molecule has 164 valence electrons. The van der Waals surface area contributed by atoms with Crippen LogP contribution >= 0.6 is 27.7 Å². The van der Waals surface area contributed by atoms with Crippen LogP contribution in [0, 0.1) is 24.7 Å². The molecule has 1 aromatic carbocycles. The van der Waals surface area contributed by atoms with E-state index in [0.717, 1.165) is 44.5 Å². The van der Waals surface area contributed by atoms with Crippen LogP contribution < -0.4 is 5.32 Å². The highest BCUT2D eigenvalue weighted by atomic mass is 79.9. The number of allylic oxidation sites excluding steroid dienone is 1. The summed E-state index contributed by atoms with van der Waals surface area (Å²) in [6, 6.07) is 5.92. The van der Waals surface area contributed by atoms with Crippen molar-refractivity contribution in [1.82, 2.24) is 14.8 Å². The van der Waals surface area contributed by atoms with Gasteiger partial charge in [0.15, 0.2) is 5.16 Å². The average molecular weight is 501 g/mol. The molecule has 1 heterocycles. The van der Waals surface area contributed by atoms with E-state index in [4.69, 9.17) is 5.10 Å². The second-order valence-electron chi connectivity index (χ2n) is 9.72. The normalized spacial score (nSPS) is 28.6. The van der Waals surface area contributed by atoms with Gasteiger partial charge in [-0.2, -0.15) is 0 Å². The van der Waals surface area contributed by atoms with Crippen LogP contribution in [0.4, 0.5) is 5.69 Å². The van der Waals surface area contributed by atoms with Gasteiger partial charge in [-0.15, -0.1) is 16.8 Å². The lowest BCUT2D eigenvalue weighted by molar-refractivity contribution is -0.113. The standard InChI is InChI=1S/C24H29BrN4OS/c1-3-6-29-22(24-11-16-8-17(12-24)10-18(9-16)13-24)27-28-23(29)31-14-21(30)26-20-5-4-15(2)7-19(20)25/h3-5,7,16-18H,1,6,8-14H2,2H3,(H,26,30). The smallest absolute Gasteiger partial charge is 0.234 e. The summed E-state index contributed by atoms with van der Waals surface area (Å²) in [5.74, 6) is 3.96. The molecule has 2 aromatic rings. The highest BCUT2D eigenvalue weighted by Gasteiger charge is 2.53. The monoisotopic (exact) mass is 500 g/mol. The van der Waals surface area contributed by atoms with Gasteiger partial charge in [0.05, 0.1) is 11.4 Å². The van der Waals surface area contributed by atoms with Gasteiger partial charge in [0.2, 0.25) is 5.91 Å². The molecule has 0 atom stereocenters. The molecule has 4 bridgehead atoms. The van der Waals surface area contributed by atoms with E-state index in [9.17, 15) is 4.79 Å². The Bertz CT molecular complexity index is 982. The van der Waals surface area contributed by atoms with Crippen molar-refractivity contribution in [1.29, 1.82) is 0 Å². The van der Waals surface area contributed by atoms with Crippen LogP contribution in [-0.4, -0.2) is 26.4 Å². The molecule has 0 saturated heterocycles. The van der Waals surface area contributed by atoms with Gasteiger partial charge in [-0.05, 0) is 96.8 Å². The zero-order chi connectivity index (χ0) is 21.6. The van der Waals surface area contributed by atoms with Crippen LogP contribution in [0.3, 0.4) is 0 Å². The lowest BCUT2D eigenvalue weighted by Gasteiger charge is -2.56. The lowest BCUT2D eigenvalue weighted by atomic mass is 9.49. The van der Waals surface area contributed by atoms with E-state index in [1.54, 1.807) is 0 Å². The lowest BCUT2D eigenvalue weighted by Crippen LogP contribution is -2.49. The summed E-state index contributed by atoms with van der Waals surface area (Å²) in [5.41, 5.74) is 2.12. The van der Waals surface area contributed by atoms with E-state index >= 15 is 0 Å². The van der Waals surface area contributed by atoms with Crippen molar-refractivity contribution in [2.24, 2.45) is 17.8 Å². The van der Waals surface area contributed by atoms with Gasteiger partial charge in [-0.25, -0.2) is 0 Å². The third kappa shape index (κ3) is 4.11. The molecular formula is C24H29BrN4OS. The summed E-state index contributed by atoms with van der Waals surface area (Å²) in [5, 5.41) is 13.1. The van der Waals surface area contributed by atoms with E-state index in [1.165, 1.54) is 50.3 Å². The molecule has 0 unspecified atom stereocenters. The number of carbonyl (C=O) groups excluding carboxylic acids is 1. The molecule has 0 spiro atoms. The number of benzene rings is 1. The number of rotatable bonds is 7. The quantitative estimate of drug-likeness (QED) is 0.389. The number of aromatic nitrogens is 3. The van der Waals surface area contributed by atoms with Gasteiger partial charge in [-0.1, -0.05) is 23.9 Å². The number of hydrogen-bond donors (Lipinski definition) is 1. The molecule has 0 radical (unpaired) electrons. The summed E-state index contributed by atoms with van der Waals surface area (Å²) in [4.78, 5) is 12.6. The predicted molar refractivity (Wildman–Crippen MR) is 128 cm³/mol. The van der Waals surface area contributed by atoms with Gasteiger partial charge in [-0.3, -0.25) is 4.79 Å². The van der Waals surface area contributed by atoms with Crippen molar-refractivity contribution in [3.8, 4) is 0 Å². The molecule has 1 aromatic heterocycles. The molecule has 4 saturated carbocycles. The number of aryl methyl sites for hydroxylation is 1. The van der Waals surface area contributed by atoms with Crippen LogP contribution in [0.25, 0.3) is 0 Å². The van der Waals surface area contributed by atoms with Gasteiger partial charge < -0.3 is 9.88 Å². The fourth-order valence-corrected chi connectivity index (χ4v) is 7.84. The second kappa shape index (κ2) is 8.39. The van der Waals surface area contributed by atoms with Crippen LogP contribution in [0.1, 0.15) is 49.9 Å². The minimum atomic E-state index is -0.0425. The number of anilines is 1. The van der Waals surface area contributed by atoms with Crippen molar-refractivity contribution in [2.45, 2.75) is 62.6 Å². The first-order valence-corrected chi connectivity index (χ1v) is 13.0. The number of amides is 1. The Morgan fingerprint density at radius 1 is 1.26 bits per heavy atom. The molecule has 0 aliphatic heterocycles. The Kier molecular flexibility index (Phi) is 5.76. The average Bonchev–Trinajstić information content (AvgIpc) is 3.11. The fraction of sp³-hybridized carbons (Fsp3) is 0.542. The first-order chi connectivity index (χ1) is 15.0. The fourth-order valence-electron chi connectivity index (χ4n) is 6.50. The van der Waals surface area contributed by atoms with E-state index in [2.05, 4.69) is 37.5 Å². The van der Waals surface area contributed by atoms with Gasteiger partial charge in [0.1, 0.15) is 5.82 Å². The minimum absolute atomic E-state index is 0.0425. The van der Waals surface area contributed by atoms with Crippen LogP contribution in [-0.2, 0) is 16.8 Å². The van der Waals surface area contributed by atoms with Gasteiger partial charge in [0.25, 0.3) is 0 Å². The maximum atomic E-state index is 12.6. The highest BCUT2D eigenvalue weighted by molar-refractivity contribution is 9.10. The first-order valence-electron chi connectivity index (χ1n) is 11.2. The number of hydrogen-bond acceptors (Lipinski definition) is 4. The third-order valence-corrected chi connectivity index (χ3v) is 8.89. The van der Waals surface area contributed by atoms with Crippen molar-refractivity contribution in [3.05, 3.63) is 46.7 Å². The number of carbonyl (C=O) groups is 1. The molecule has 31 heavy (non-hydrogen) atoms. The Balaban J connectivity index is 1.32. The topological polar surface area (TPSA) is 59.8 Å². The summed E-state index contributed by atoms with van der Waals surface area (Å²) in [6.45, 7) is 6.68. The Morgan fingerprint density at radius 2 is 1.94 bits per heavy atom. The molecule has 5 nitrogen and oxygen atoms in total. The summed E-state index contributed by atoms with van der Waals surface area (Å²) >= 11 is 4.99. The summed E-state index contributed by atoms with van der Waals surface area (Å²) in [6.07, 6.45) is 9.89. The van der Waals surface area contributed by atoms with E-state index in [0.29, 0.717) is 12.3 Å². The van der Waals surface area contributed by atoms with Crippen LogP contribution in [0.5, 0.6) is 0 Å². The van der Waals surface area contributed by atoms with Crippen LogP contribution in [0.2, 0.25) is 0 Å². The van der Waals surface area contributed by atoms with Crippen LogP contribution in [0.15, 0.2) is 40.5 Å².